The minimum Gasteiger partial charge on any atom is -0.497 e. The maximum absolute atomic E-state index is 12.0. The molecular formula is C25H25NO3. The van der Waals surface area contributed by atoms with Gasteiger partial charge in [0.25, 0.3) is 0 Å². The van der Waals surface area contributed by atoms with Crippen LogP contribution in [0.2, 0.25) is 0 Å². The van der Waals surface area contributed by atoms with E-state index in [0.717, 1.165) is 39.1 Å². The summed E-state index contributed by atoms with van der Waals surface area (Å²) in [4.78, 5) is 0. The van der Waals surface area contributed by atoms with E-state index in [1.807, 2.05) is 67.7 Å². The van der Waals surface area contributed by atoms with Gasteiger partial charge < -0.3 is 19.1 Å². The van der Waals surface area contributed by atoms with Crippen LogP contribution in [0.1, 0.15) is 16.7 Å². The highest BCUT2D eigenvalue weighted by atomic mass is 16.5. The summed E-state index contributed by atoms with van der Waals surface area (Å²) in [5, 5.41) is 13.2. The van der Waals surface area contributed by atoms with Gasteiger partial charge in [0.05, 0.1) is 14.2 Å². The zero-order chi connectivity index (χ0) is 20.4. The van der Waals surface area contributed by atoms with Gasteiger partial charge in [-0.05, 0) is 47.0 Å². The number of methoxy groups -OCH3 is 2. The van der Waals surface area contributed by atoms with Gasteiger partial charge in [0, 0.05) is 30.6 Å². The Balaban J connectivity index is 1.84. The van der Waals surface area contributed by atoms with E-state index in [9.17, 15) is 5.11 Å². The number of ether oxygens (including phenoxy) is 2. The van der Waals surface area contributed by atoms with Crippen LogP contribution in [0.3, 0.4) is 0 Å². The van der Waals surface area contributed by atoms with Gasteiger partial charge in [-0.2, -0.15) is 0 Å². The van der Waals surface area contributed by atoms with Crippen LogP contribution in [-0.2, 0) is 19.1 Å². The number of hydrogen-bond donors (Lipinski definition) is 1. The monoisotopic (exact) mass is 387 g/mol. The van der Waals surface area contributed by atoms with E-state index in [4.69, 9.17) is 9.47 Å². The number of para-hydroxylation sites is 1. The Morgan fingerprint density at radius 3 is 1.83 bits per heavy atom. The summed E-state index contributed by atoms with van der Waals surface area (Å²) >= 11 is 0. The molecule has 0 aliphatic carbocycles. The van der Waals surface area contributed by atoms with Crippen LogP contribution in [0.15, 0.2) is 79.0 Å². The third-order valence-corrected chi connectivity index (χ3v) is 5.56. The van der Waals surface area contributed by atoms with Crippen molar-refractivity contribution in [3.05, 3.63) is 95.7 Å². The fraction of sp³-hybridized carbons (Fsp3) is 0.200. The third-order valence-electron chi connectivity index (χ3n) is 5.56. The molecule has 0 spiro atoms. The average molecular weight is 387 g/mol. The molecule has 0 amide bonds. The third kappa shape index (κ3) is 3.47. The SMILES string of the molecule is COc1ccc(C(O)(Cc2cn(C)c3ccccc23)c2ccc(OC)cc2)cc1. The van der Waals surface area contributed by atoms with Crippen LogP contribution in [-0.4, -0.2) is 23.9 Å². The lowest BCUT2D eigenvalue weighted by Crippen LogP contribution is -2.30. The topological polar surface area (TPSA) is 43.6 Å². The number of aromatic nitrogens is 1. The molecule has 4 rings (SSSR count). The van der Waals surface area contributed by atoms with Gasteiger partial charge in [0.2, 0.25) is 0 Å². The predicted octanol–water partition coefficient (Wildman–Crippen LogP) is 4.67. The van der Waals surface area contributed by atoms with Crippen molar-refractivity contribution >= 4 is 10.9 Å². The highest BCUT2D eigenvalue weighted by Crippen LogP contribution is 2.37. The minimum atomic E-state index is -1.19. The lowest BCUT2D eigenvalue weighted by molar-refractivity contribution is 0.0813. The molecule has 0 radical (unpaired) electrons. The van der Waals surface area contributed by atoms with Crippen molar-refractivity contribution in [1.29, 1.82) is 0 Å². The molecule has 1 N–H and O–H groups in total. The van der Waals surface area contributed by atoms with E-state index in [0.29, 0.717) is 6.42 Å². The molecule has 1 heterocycles. The fourth-order valence-electron chi connectivity index (χ4n) is 3.95. The van der Waals surface area contributed by atoms with Crippen LogP contribution in [0.4, 0.5) is 0 Å². The van der Waals surface area contributed by atoms with Crippen LogP contribution < -0.4 is 9.47 Å². The van der Waals surface area contributed by atoms with Crippen molar-refractivity contribution in [2.45, 2.75) is 12.0 Å². The second-order valence-corrected chi connectivity index (χ2v) is 7.28. The van der Waals surface area contributed by atoms with Gasteiger partial charge in [-0.15, -0.1) is 0 Å². The second-order valence-electron chi connectivity index (χ2n) is 7.28. The van der Waals surface area contributed by atoms with Crippen molar-refractivity contribution in [1.82, 2.24) is 4.57 Å². The molecule has 29 heavy (non-hydrogen) atoms. The number of fused-ring (bicyclic) bond motifs is 1. The highest BCUT2D eigenvalue weighted by Gasteiger charge is 2.33. The molecule has 0 aliphatic heterocycles. The largest absolute Gasteiger partial charge is 0.497 e. The quantitative estimate of drug-likeness (QED) is 0.523. The van der Waals surface area contributed by atoms with E-state index in [-0.39, 0.29) is 0 Å². The molecule has 1 aromatic heterocycles. The van der Waals surface area contributed by atoms with Crippen LogP contribution in [0, 0.1) is 0 Å². The Morgan fingerprint density at radius 1 is 0.793 bits per heavy atom. The summed E-state index contributed by atoms with van der Waals surface area (Å²) in [6.45, 7) is 0. The van der Waals surface area contributed by atoms with E-state index in [1.54, 1.807) is 14.2 Å². The normalized spacial score (nSPS) is 11.6. The number of aliphatic hydroxyl groups is 1. The smallest absolute Gasteiger partial charge is 0.119 e. The predicted molar refractivity (Wildman–Crippen MR) is 116 cm³/mol. The van der Waals surface area contributed by atoms with Gasteiger partial charge in [0.15, 0.2) is 0 Å². The Kier molecular flexibility index (Phi) is 5.03. The number of benzene rings is 3. The zero-order valence-electron chi connectivity index (χ0n) is 16.9. The van der Waals surface area contributed by atoms with Gasteiger partial charge in [-0.25, -0.2) is 0 Å². The Labute approximate surface area is 170 Å². The number of nitrogens with zero attached hydrogens (tertiary/aromatic N) is 1. The molecule has 4 nitrogen and oxygen atoms in total. The maximum Gasteiger partial charge on any atom is 0.119 e. The molecule has 4 heteroatoms. The molecule has 0 unspecified atom stereocenters. The highest BCUT2D eigenvalue weighted by molar-refractivity contribution is 5.84. The summed E-state index contributed by atoms with van der Waals surface area (Å²) < 4.78 is 12.7. The zero-order valence-corrected chi connectivity index (χ0v) is 16.9. The van der Waals surface area contributed by atoms with Crippen LogP contribution in [0.25, 0.3) is 10.9 Å². The van der Waals surface area contributed by atoms with Crippen molar-refractivity contribution in [3.8, 4) is 11.5 Å². The first-order chi connectivity index (χ1) is 14.0. The Morgan fingerprint density at radius 2 is 1.31 bits per heavy atom. The van der Waals surface area contributed by atoms with Gasteiger partial charge in [-0.1, -0.05) is 42.5 Å². The molecule has 0 atom stereocenters. The van der Waals surface area contributed by atoms with E-state index < -0.39 is 5.60 Å². The van der Waals surface area contributed by atoms with Crippen LogP contribution >= 0.6 is 0 Å². The second kappa shape index (κ2) is 7.64. The summed E-state index contributed by atoms with van der Waals surface area (Å²) in [6, 6.07) is 23.5. The lowest BCUT2D eigenvalue weighted by Gasteiger charge is -2.30. The first-order valence-corrected chi connectivity index (χ1v) is 9.59. The molecule has 0 saturated carbocycles. The molecular weight excluding hydrogens is 362 g/mol. The standard InChI is InChI=1S/C25H25NO3/c1-26-17-18(23-6-4-5-7-24(23)26)16-25(27,19-8-12-21(28-2)13-9-19)20-10-14-22(29-3)15-11-20/h4-15,17,27H,16H2,1-3H3. The molecule has 0 fully saturated rings. The molecule has 4 aromatic rings. The Hall–Kier alpha value is -3.24. The van der Waals surface area contributed by atoms with Crippen molar-refractivity contribution in [2.75, 3.05) is 14.2 Å². The van der Waals surface area contributed by atoms with Crippen LogP contribution in [0.5, 0.6) is 11.5 Å². The fourth-order valence-corrected chi connectivity index (χ4v) is 3.95. The van der Waals surface area contributed by atoms with Crippen molar-refractivity contribution in [2.24, 2.45) is 7.05 Å². The summed E-state index contributed by atoms with van der Waals surface area (Å²) in [7, 11) is 5.31. The van der Waals surface area contributed by atoms with Crippen molar-refractivity contribution in [3.63, 3.8) is 0 Å². The van der Waals surface area contributed by atoms with E-state index in [2.05, 4.69) is 22.9 Å². The molecule has 0 saturated heterocycles. The summed E-state index contributed by atoms with van der Waals surface area (Å²) in [5.74, 6) is 1.52. The lowest BCUT2D eigenvalue weighted by atomic mass is 9.81. The number of hydrogen-bond acceptors (Lipinski definition) is 3. The van der Waals surface area contributed by atoms with Crippen molar-refractivity contribution < 1.29 is 14.6 Å². The first-order valence-electron chi connectivity index (χ1n) is 9.59. The summed E-state index contributed by atoms with van der Waals surface area (Å²) in [6.07, 6.45) is 2.55. The first kappa shape index (κ1) is 19.1. The molecule has 148 valence electrons. The number of rotatable bonds is 6. The molecule has 0 bridgehead atoms. The maximum atomic E-state index is 12.0. The van der Waals surface area contributed by atoms with E-state index >= 15 is 0 Å². The molecule has 3 aromatic carbocycles. The molecule has 0 aliphatic rings. The van der Waals surface area contributed by atoms with Gasteiger partial charge >= 0.3 is 0 Å². The van der Waals surface area contributed by atoms with E-state index in [1.165, 1.54) is 0 Å². The van der Waals surface area contributed by atoms with Gasteiger partial charge in [-0.3, -0.25) is 0 Å². The summed E-state index contributed by atoms with van der Waals surface area (Å²) in [5.41, 5.74) is 2.68. The Bertz CT molecular complexity index is 1060. The average Bonchev–Trinajstić information content (AvgIpc) is 3.09. The number of aryl methyl sites for hydroxylation is 1. The van der Waals surface area contributed by atoms with Gasteiger partial charge in [0.1, 0.15) is 17.1 Å². The minimum absolute atomic E-state index is 0.451.